The molecule has 0 fully saturated rings. The fourth-order valence-corrected chi connectivity index (χ4v) is 9.22. The number of para-hydroxylation sites is 2. The van der Waals surface area contributed by atoms with Crippen molar-refractivity contribution in [1.82, 2.24) is 20.6 Å². The minimum atomic E-state index is -1.26. The molecule has 18 heteroatoms. The zero-order chi connectivity index (χ0) is 57.3. The molecule has 8 rings (SSSR count). The van der Waals surface area contributed by atoms with Crippen LogP contribution in [0.5, 0.6) is 34.8 Å². The third-order valence-electron chi connectivity index (χ3n) is 11.6. The Morgan fingerprint density at radius 3 is 1.30 bits per heavy atom. The average Bonchev–Trinajstić information content (AvgIpc) is 4.22. The monoisotopic (exact) mass is 1110 g/mol. The third-order valence-corrected chi connectivity index (χ3v) is 13.4. The number of carboxylic acid groups (broad SMARTS) is 2. The van der Waals surface area contributed by atoms with Gasteiger partial charge in [0.15, 0.2) is 0 Å². The summed E-state index contributed by atoms with van der Waals surface area (Å²) in [4.78, 5) is 29.7. The number of aliphatic hydroxyl groups excluding tert-OH is 2. The van der Waals surface area contributed by atoms with Crippen molar-refractivity contribution in [2.45, 2.75) is 63.8 Å². The zero-order valence-electron chi connectivity index (χ0n) is 44.6. The summed E-state index contributed by atoms with van der Waals surface area (Å²) in [5.74, 6) is 0.860. The molecule has 4 aromatic heterocycles. The minimum absolute atomic E-state index is 0.204. The topological polar surface area (TPSA) is 249 Å². The second-order valence-corrected chi connectivity index (χ2v) is 21.1. The van der Waals surface area contributed by atoms with Crippen molar-refractivity contribution in [1.29, 1.82) is 10.5 Å². The van der Waals surface area contributed by atoms with Crippen molar-refractivity contribution in [3.63, 3.8) is 0 Å². The van der Waals surface area contributed by atoms with Gasteiger partial charge in [0.25, 0.3) is 0 Å². The van der Waals surface area contributed by atoms with E-state index >= 15 is 0 Å². The van der Waals surface area contributed by atoms with Crippen LogP contribution in [0.25, 0.3) is 20.9 Å². The number of carboxylic acids is 2. The fourth-order valence-electron chi connectivity index (χ4n) is 7.71. The number of aliphatic carboxylic acids is 2. The molecule has 80 heavy (non-hydrogen) atoms. The van der Waals surface area contributed by atoms with Crippen molar-refractivity contribution in [3.8, 4) is 67.8 Å². The van der Waals surface area contributed by atoms with Crippen molar-refractivity contribution >= 4 is 34.6 Å². The Morgan fingerprint density at radius 1 is 0.562 bits per heavy atom. The van der Waals surface area contributed by atoms with E-state index in [0.29, 0.717) is 59.6 Å². The van der Waals surface area contributed by atoms with E-state index in [1.165, 1.54) is 0 Å². The van der Waals surface area contributed by atoms with Gasteiger partial charge in [-0.2, -0.15) is 10.5 Å². The van der Waals surface area contributed by atoms with Crippen molar-refractivity contribution in [2.24, 2.45) is 0 Å². The van der Waals surface area contributed by atoms with Crippen LogP contribution in [-0.2, 0) is 22.4 Å². The lowest BCUT2D eigenvalue weighted by Gasteiger charge is -2.28. The second-order valence-electron chi connectivity index (χ2n) is 19.2. The summed E-state index contributed by atoms with van der Waals surface area (Å²) in [6.07, 6.45) is 4.53. The summed E-state index contributed by atoms with van der Waals surface area (Å²) in [6, 6.07) is 50.3. The minimum Gasteiger partial charge on any atom is -0.490 e. The molecule has 0 amide bonds. The number of aromatic nitrogens is 2. The molecule has 2 atom stereocenters. The molecule has 0 saturated heterocycles. The first-order valence-corrected chi connectivity index (χ1v) is 27.0. The fraction of sp³-hybridized carbons (Fsp3) is 0.226. The first-order valence-electron chi connectivity index (χ1n) is 25.2. The van der Waals surface area contributed by atoms with Gasteiger partial charge in [0.1, 0.15) is 71.7 Å². The van der Waals surface area contributed by atoms with Crippen LogP contribution < -0.4 is 29.6 Å². The number of ether oxygens (including phenoxy) is 4. The summed E-state index contributed by atoms with van der Waals surface area (Å²) in [7, 11) is 0. The molecular formula is C62H62N6O10S2. The molecule has 4 heterocycles. The van der Waals surface area contributed by atoms with Gasteiger partial charge in [-0.25, -0.2) is 19.6 Å². The normalized spacial score (nSPS) is 11.8. The first-order chi connectivity index (χ1) is 38.5. The van der Waals surface area contributed by atoms with E-state index in [9.17, 15) is 30.3 Å². The maximum Gasteiger partial charge on any atom is 0.328 e. The third kappa shape index (κ3) is 20.3. The summed E-state index contributed by atoms with van der Waals surface area (Å²) in [5, 5.41) is 66.1. The average molecular weight is 1120 g/mol. The Balaban J connectivity index is 0.000000227. The highest BCUT2D eigenvalue weighted by molar-refractivity contribution is 7.13. The molecule has 4 aromatic carbocycles. The van der Waals surface area contributed by atoms with Gasteiger partial charge in [-0.05, 0) is 147 Å². The number of β-amino-alcohol motifs (C(OH)–C–C–N with tert-alkyl or cyclic N) is 2. The van der Waals surface area contributed by atoms with Gasteiger partial charge in [0, 0.05) is 69.6 Å². The second kappa shape index (κ2) is 30.4. The molecule has 0 bridgehead atoms. The molecule has 412 valence electrons. The van der Waals surface area contributed by atoms with Crippen LogP contribution in [0.2, 0.25) is 0 Å². The van der Waals surface area contributed by atoms with E-state index in [2.05, 4.69) is 72.6 Å². The molecule has 0 unspecified atom stereocenters. The molecule has 16 nitrogen and oxygen atoms in total. The molecule has 0 aliphatic rings. The van der Waals surface area contributed by atoms with Gasteiger partial charge in [0.05, 0.1) is 0 Å². The number of thiophene rings is 2. The summed E-state index contributed by atoms with van der Waals surface area (Å²) >= 11 is 3.33. The molecule has 0 saturated carbocycles. The Hall–Kier alpha value is -8.72. The molecular weight excluding hydrogens is 1050 g/mol. The molecule has 0 radical (unpaired) electrons. The lowest BCUT2D eigenvalue weighted by molar-refractivity contribution is -0.134. The van der Waals surface area contributed by atoms with Gasteiger partial charge in [0.2, 0.25) is 11.8 Å². The first kappa shape index (κ1) is 60.5. The number of nitriles is 2. The number of pyridine rings is 2. The SMILES string of the molecule is CC(C)(Cc1ccc(Oc2ncccc2C#N)cc1)NC[C@H](O)COc1ccccc1-c1cccs1.CC(C)(Cc1ccc(Oc2ncccc2C#N)cc1)NC[C@H](O)COc1ccccc1-c1cccs1.O=C(O)/C=C/C(=O)O. The van der Waals surface area contributed by atoms with Crippen LogP contribution in [-0.4, -0.2) is 91.9 Å². The number of hydrogen-bond acceptors (Lipinski definition) is 16. The van der Waals surface area contributed by atoms with Gasteiger partial charge < -0.3 is 50.0 Å². The van der Waals surface area contributed by atoms with E-state index in [0.717, 1.165) is 56.3 Å². The van der Waals surface area contributed by atoms with E-state index in [1.54, 1.807) is 59.3 Å². The zero-order valence-corrected chi connectivity index (χ0v) is 46.2. The van der Waals surface area contributed by atoms with Crippen LogP contribution in [0, 0.1) is 22.7 Å². The van der Waals surface area contributed by atoms with E-state index in [-0.39, 0.29) is 24.3 Å². The van der Waals surface area contributed by atoms with Gasteiger partial charge >= 0.3 is 11.9 Å². The number of benzene rings is 4. The number of nitrogens with zero attached hydrogens (tertiary/aromatic N) is 4. The molecule has 0 spiro atoms. The lowest BCUT2D eigenvalue weighted by atomic mass is 9.94. The highest BCUT2D eigenvalue weighted by Crippen LogP contribution is 2.35. The Kier molecular flexibility index (Phi) is 23.0. The van der Waals surface area contributed by atoms with E-state index in [4.69, 9.17) is 29.2 Å². The Bertz CT molecular complexity index is 3100. The smallest absolute Gasteiger partial charge is 0.328 e. The molecule has 0 aliphatic heterocycles. The van der Waals surface area contributed by atoms with Crippen LogP contribution >= 0.6 is 22.7 Å². The van der Waals surface area contributed by atoms with E-state index < -0.39 is 24.1 Å². The van der Waals surface area contributed by atoms with Crippen LogP contribution in [0.3, 0.4) is 0 Å². The molecule has 6 N–H and O–H groups in total. The highest BCUT2D eigenvalue weighted by Gasteiger charge is 2.22. The van der Waals surface area contributed by atoms with Crippen LogP contribution in [0.1, 0.15) is 49.9 Å². The van der Waals surface area contributed by atoms with Gasteiger partial charge in [-0.1, -0.05) is 60.7 Å². The quantitative estimate of drug-likeness (QED) is 0.0308. The maximum absolute atomic E-state index is 10.6. The number of nitrogens with one attached hydrogen (secondary N) is 2. The standard InChI is InChI=1S/2C29H29N3O3S.C4H4O4/c2*1-29(2,17-21-11-13-24(14-12-21)35-28-22(18-30)7-5-15-31-28)32-19-23(33)20-34-26-9-4-3-8-25(26)27-10-6-16-36-27;5-3(6)1-2-4(7)8/h2*3-16,23,32-33H,17,19-20H2,1-2H3;1-2H,(H,5,6)(H,7,8)/b;;2-1+/t2*23-;/m00./s1. The summed E-state index contributed by atoms with van der Waals surface area (Å²) in [5.41, 5.74) is 4.61. The van der Waals surface area contributed by atoms with Gasteiger partial charge in [-0.3, -0.25) is 0 Å². The molecule has 0 aliphatic carbocycles. The van der Waals surface area contributed by atoms with Crippen molar-refractivity contribution in [3.05, 3.63) is 203 Å². The summed E-state index contributed by atoms with van der Waals surface area (Å²) < 4.78 is 23.5. The van der Waals surface area contributed by atoms with Gasteiger partial charge in [-0.15, -0.1) is 22.7 Å². The van der Waals surface area contributed by atoms with Crippen molar-refractivity contribution in [2.75, 3.05) is 26.3 Å². The van der Waals surface area contributed by atoms with Crippen molar-refractivity contribution < 1.29 is 49.0 Å². The number of hydrogen-bond donors (Lipinski definition) is 6. The Labute approximate surface area is 473 Å². The Morgan fingerprint density at radius 2 is 0.950 bits per heavy atom. The lowest BCUT2D eigenvalue weighted by Crippen LogP contribution is -2.46. The number of aliphatic hydroxyl groups is 2. The van der Waals surface area contributed by atoms with Crippen LogP contribution in [0.4, 0.5) is 0 Å². The predicted octanol–water partition coefficient (Wildman–Crippen LogP) is 11.4. The largest absolute Gasteiger partial charge is 0.490 e. The summed E-state index contributed by atoms with van der Waals surface area (Å²) in [6.45, 7) is 9.63. The highest BCUT2D eigenvalue weighted by atomic mass is 32.1. The molecule has 8 aromatic rings. The van der Waals surface area contributed by atoms with Crippen LogP contribution in [0.15, 0.2) is 181 Å². The maximum atomic E-state index is 10.6. The number of carbonyl (C=O) groups is 2. The van der Waals surface area contributed by atoms with E-state index in [1.807, 2.05) is 120 Å². The number of rotatable bonds is 24. The predicted molar refractivity (Wildman–Crippen MR) is 309 cm³/mol.